The number of amides is 3. The summed E-state index contributed by atoms with van der Waals surface area (Å²) in [6.45, 7) is 3.23. The van der Waals surface area contributed by atoms with Crippen LogP contribution in [0.5, 0.6) is 0 Å². The summed E-state index contributed by atoms with van der Waals surface area (Å²) in [5.74, 6) is -3.69. The van der Waals surface area contributed by atoms with Gasteiger partial charge in [0.05, 0.1) is 12.7 Å². The maximum atomic E-state index is 13.2. The number of primary amides is 1. The van der Waals surface area contributed by atoms with Gasteiger partial charge < -0.3 is 16.4 Å². The summed E-state index contributed by atoms with van der Waals surface area (Å²) < 4.78 is 27.6. The molecule has 11 heteroatoms. The highest BCUT2D eigenvalue weighted by Gasteiger charge is 2.17. The third-order valence-electron chi connectivity index (χ3n) is 4.73. The molecule has 0 saturated carbocycles. The molecule has 3 rings (SSSR count). The number of nitrogens with zero attached hydrogens (tertiary/aromatic N) is 3. The van der Waals surface area contributed by atoms with Gasteiger partial charge in [0.2, 0.25) is 11.8 Å². The molecule has 2 aromatic heterocycles. The van der Waals surface area contributed by atoms with Crippen LogP contribution in [-0.4, -0.2) is 38.9 Å². The summed E-state index contributed by atoms with van der Waals surface area (Å²) in [6.07, 6.45) is 1.76. The van der Waals surface area contributed by atoms with Gasteiger partial charge in [-0.25, -0.2) is 18.3 Å². The zero-order chi connectivity index (χ0) is 22.7. The van der Waals surface area contributed by atoms with E-state index in [9.17, 15) is 23.2 Å². The number of nitrogens with two attached hydrogens (primary N) is 1. The van der Waals surface area contributed by atoms with Gasteiger partial charge in [-0.15, -0.1) is 0 Å². The van der Waals surface area contributed by atoms with E-state index < -0.39 is 23.4 Å². The number of anilines is 1. The van der Waals surface area contributed by atoms with Crippen molar-refractivity contribution in [2.45, 2.75) is 26.7 Å². The molecule has 0 unspecified atom stereocenters. The smallest absolute Gasteiger partial charge is 0.254 e. The number of carbonyl (C=O) groups is 3. The van der Waals surface area contributed by atoms with E-state index in [1.54, 1.807) is 13.8 Å². The van der Waals surface area contributed by atoms with Crippen LogP contribution in [0.3, 0.4) is 0 Å². The maximum absolute atomic E-state index is 13.2. The number of hydrogen-bond donors (Lipinski definition) is 3. The summed E-state index contributed by atoms with van der Waals surface area (Å²) in [4.78, 5) is 39.9. The van der Waals surface area contributed by atoms with E-state index in [1.807, 2.05) is 0 Å². The fraction of sp³-hybridized carbons (Fsp3) is 0.250. The van der Waals surface area contributed by atoms with Gasteiger partial charge in [0, 0.05) is 29.6 Å². The second kappa shape index (κ2) is 8.86. The number of fused-ring (bicyclic) bond motifs is 1. The van der Waals surface area contributed by atoms with Crippen LogP contribution in [0.25, 0.3) is 5.65 Å². The fourth-order valence-electron chi connectivity index (χ4n) is 3.13. The van der Waals surface area contributed by atoms with Crippen molar-refractivity contribution in [3.63, 3.8) is 0 Å². The lowest BCUT2D eigenvalue weighted by Crippen LogP contribution is -2.33. The first-order valence-corrected chi connectivity index (χ1v) is 9.32. The first kappa shape index (κ1) is 21.8. The van der Waals surface area contributed by atoms with E-state index in [0.717, 1.165) is 23.4 Å². The summed E-state index contributed by atoms with van der Waals surface area (Å²) in [5, 5.41) is 8.97. The summed E-state index contributed by atoms with van der Waals surface area (Å²) in [7, 11) is 0. The van der Waals surface area contributed by atoms with Crippen molar-refractivity contribution >= 4 is 29.1 Å². The Kier molecular flexibility index (Phi) is 6.23. The topological polar surface area (TPSA) is 131 Å². The molecule has 4 N–H and O–H groups in total. The minimum Gasteiger partial charge on any atom is -0.365 e. The van der Waals surface area contributed by atoms with Crippen LogP contribution in [0.15, 0.2) is 24.4 Å². The highest BCUT2D eigenvalue weighted by Crippen LogP contribution is 2.18. The van der Waals surface area contributed by atoms with Gasteiger partial charge in [-0.1, -0.05) is 0 Å². The van der Waals surface area contributed by atoms with Gasteiger partial charge >= 0.3 is 0 Å². The van der Waals surface area contributed by atoms with Gasteiger partial charge in [0.15, 0.2) is 17.3 Å². The molecular formula is C20H20F2N6O3. The molecule has 31 heavy (non-hydrogen) atoms. The SMILES string of the molecule is Cc1nc2c(C(N)=O)cnn2c(C)c1CCC(=O)NCC(=O)Nc1ccc(F)c(F)c1. The highest BCUT2D eigenvalue weighted by molar-refractivity contribution is 5.98. The second-order valence-corrected chi connectivity index (χ2v) is 6.87. The molecule has 3 aromatic rings. The van der Waals surface area contributed by atoms with Gasteiger partial charge in [-0.05, 0) is 38.0 Å². The third-order valence-corrected chi connectivity index (χ3v) is 4.73. The van der Waals surface area contributed by atoms with Crippen LogP contribution in [0, 0.1) is 25.5 Å². The lowest BCUT2D eigenvalue weighted by atomic mass is 10.1. The fourth-order valence-corrected chi connectivity index (χ4v) is 3.13. The number of carbonyl (C=O) groups excluding carboxylic acids is 3. The molecule has 0 radical (unpaired) electrons. The first-order valence-electron chi connectivity index (χ1n) is 9.32. The quantitative estimate of drug-likeness (QED) is 0.522. The Bertz CT molecular complexity index is 1190. The lowest BCUT2D eigenvalue weighted by Gasteiger charge is -2.11. The van der Waals surface area contributed by atoms with E-state index in [0.29, 0.717) is 17.8 Å². The predicted molar refractivity (Wildman–Crippen MR) is 107 cm³/mol. The lowest BCUT2D eigenvalue weighted by molar-refractivity contribution is -0.124. The molecule has 0 spiro atoms. The zero-order valence-corrected chi connectivity index (χ0v) is 16.8. The van der Waals surface area contributed by atoms with Gasteiger partial charge in [-0.2, -0.15) is 5.10 Å². The Morgan fingerprint density at radius 1 is 1.13 bits per heavy atom. The van der Waals surface area contributed by atoms with Gasteiger partial charge in [0.25, 0.3) is 5.91 Å². The van der Waals surface area contributed by atoms with Crippen LogP contribution in [-0.2, 0) is 16.0 Å². The second-order valence-electron chi connectivity index (χ2n) is 6.87. The van der Waals surface area contributed by atoms with Gasteiger partial charge in [0.1, 0.15) is 5.56 Å². The number of nitrogens with one attached hydrogen (secondary N) is 2. The normalized spacial score (nSPS) is 10.8. The molecule has 3 amide bonds. The average Bonchev–Trinajstić information content (AvgIpc) is 3.13. The van der Waals surface area contributed by atoms with Crippen LogP contribution >= 0.6 is 0 Å². The van der Waals surface area contributed by atoms with Crippen molar-refractivity contribution in [2.75, 3.05) is 11.9 Å². The summed E-state index contributed by atoms with van der Waals surface area (Å²) in [5.41, 5.74) is 8.11. The van der Waals surface area contributed by atoms with Crippen LogP contribution in [0.1, 0.15) is 33.7 Å². The molecule has 0 aliphatic rings. The van der Waals surface area contributed by atoms with Crippen molar-refractivity contribution in [3.8, 4) is 0 Å². The van der Waals surface area contributed by atoms with Crippen molar-refractivity contribution in [1.82, 2.24) is 19.9 Å². The largest absolute Gasteiger partial charge is 0.365 e. The number of aryl methyl sites for hydroxylation is 2. The number of hydrogen-bond acceptors (Lipinski definition) is 5. The molecule has 0 atom stereocenters. The summed E-state index contributed by atoms with van der Waals surface area (Å²) in [6, 6.07) is 2.96. The Hall–Kier alpha value is -3.89. The minimum atomic E-state index is -1.08. The Labute approximate surface area is 175 Å². The molecule has 9 nitrogen and oxygen atoms in total. The van der Waals surface area contributed by atoms with E-state index in [1.165, 1.54) is 16.8 Å². The van der Waals surface area contributed by atoms with Crippen molar-refractivity contribution in [3.05, 3.63) is 58.5 Å². The monoisotopic (exact) mass is 430 g/mol. The molecule has 1 aromatic carbocycles. The summed E-state index contributed by atoms with van der Waals surface area (Å²) >= 11 is 0. The van der Waals surface area contributed by atoms with Crippen molar-refractivity contribution < 1.29 is 23.2 Å². The standard InChI is InChI=1S/C20H20F2N6O3/c1-10-13(11(2)28-20(26-10)14(8-25-28)19(23)31)4-6-17(29)24-9-18(30)27-12-3-5-15(21)16(22)7-12/h3,5,7-8H,4,6,9H2,1-2H3,(H2,23,31)(H,24,29)(H,27,30). The van der Waals surface area contributed by atoms with Crippen LogP contribution in [0.2, 0.25) is 0 Å². The van der Waals surface area contributed by atoms with Crippen LogP contribution in [0.4, 0.5) is 14.5 Å². The molecular weight excluding hydrogens is 410 g/mol. The Morgan fingerprint density at radius 3 is 2.55 bits per heavy atom. The van der Waals surface area contributed by atoms with E-state index >= 15 is 0 Å². The van der Waals surface area contributed by atoms with Gasteiger partial charge in [-0.3, -0.25) is 14.4 Å². The number of benzene rings is 1. The number of halogens is 2. The first-order chi connectivity index (χ1) is 14.7. The molecule has 0 aliphatic carbocycles. The highest BCUT2D eigenvalue weighted by atomic mass is 19.2. The van der Waals surface area contributed by atoms with E-state index in [4.69, 9.17) is 5.73 Å². The zero-order valence-electron chi connectivity index (χ0n) is 16.8. The molecule has 0 saturated heterocycles. The minimum absolute atomic E-state index is 0.0806. The van der Waals surface area contributed by atoms with Crippen LogP contribution < -0.4 is 16.4 Å². The molecule has 0 aliphatic heterocycles. The van der Waals surface area contributed by atoms with Crippen molar-refractivity contribution in [2.24, 2.45) is 5.73 Å². The molecule has 0 fully saturated rings. The third kappa shape index (κ3) is 4.82. The Balaban J connectivity index is 1.58. The van der Waals surface area contributed by atoms with Crippen molar-refractivity contribution in [1.29, 1.82) is 0 Å². The predicted octanol–water partition coefficient (Wildman–Crippen LogP) is 1.41. The van der Waals surface area contributed by atoms with E-state index in [2.05, 4.69) is 20.7 Å². The molecule has 162 valence electrons. The number of rotatable bonds is 7. The number of aromatic nitrogens is 3. The van der Waals surface area contributed by atoms with E-state index in [-0.39, 0.29) is 30.1 Å². The maximum Gasteiger partial charge on any atom is 0.254 e. The average molecular weight is 430 g/mol. The molecule has 0 bridgehead atoms. The Morgan fingerprint density at radius 2 is 1.87 bits per heavy atom. The molecule has 2 heterocycles.